The van der Waals surface area contributed by atoms with E-state index in [-0.39, 0.29) is 0 Å². The number of nitrogens with one attached hydrogen (secondary N) is 2. The minimum absolute atomic E-state index is 0.588. The van der Waals surface area contributed by atoms with Crippen molar-refractivity contribution in [1.29, 1.82) is 0 Å². The van der Waals surface area contributed by atoms with Crippen LogP contribution >= 0.6 is 0 Å². The molecule has 23 heavy (non-hydrogen) atoms. The zero-order valence-electron chi connectivity index (χ0n) is 13.3. The molecule has 1 fully saturated rings. The van der Waals surface area contributed by atoms with Crippen LogP contribution in [0.4, 0.5) is 0 Å². The molecule has 1 aliphatic heterocycles. The van der Waals surface area contributed by atoms with Crippen LogP contribution in [0.2, 0.25) is 0 Å². The summed E-state index contributed by atoms with van der Waals surface area (Å²) < 4.78 is 5.48. The summed E-state index contributed by atoms with van der Waals surface area (Å²) in [5.41, 5.74) is 2.86. The Labute approximate surface area is 134 Å². The molecular formula is C17H21N5O. The van der Waals surface area contributed by atoms with Gasteiger partial charge in [0.25, 0.3) is 0 Å². The maximum Gasteiger partial charge on any atom is 0.227 e. The van der Waals surface area contributed by atoms with Crippen LogP contribution in [0.25, 0.3) is 22.4 Å². The normalized spacial score (nSPS) is 18.6. The van der Waals surface area contributed by atoms with Crippen LogP contribution in [-0.2, 0) is 12.8 Å². The summed E-state index contributed by atoms with van der Waals surface area (Å²) in [6.07, 6.45) is 4.16. The number of fused-ring (bicyclic) bond motifs is 1. The van der Waals surface area contributed by atoms with E-state index in [1.165, 1.54) is 12.8 Å². The van der Waals surface area contributed by atoms with Crippen molar-refractivity contribution in [3.63, 3.8) is 0 Å². The highest BCUT2D eigenvalue weighted by molar-refractivity contribution is 5.89. The molecule has 0 spiro atoms. The van der Waals surface area contributed by atoms with Crippen LogP contribution in [0.15, 0.2) is 22.7 Å². The fourth-order valence-corrected chi connectivity index (χ4v) is 3.22. The number of aromatic nitrogens is 4. The average Bonchev–Trinajstić information content (AvgIpc) is 3.21. The third kappa shape index (κ3) is 2.86. The van der Waals surface area contributed by atoms with Crippen LogP contribution in [0, 0.1) is 5.92 Å². The van der Waals surface area contributed by atoms with Gasteiger partial charge in [0.2, 0.25) is 11.7 Å². The summed E-state index contributed by atoms with van der Waals surface area (Å²) in [7, 11) is 0. The van der Waals surface area contributed by atoms with Crippen molar-refractivity contribution >= 4 is 11.0 Å². The number of hydrogen-bond acceptors (Lipinski definition) is 5. The molecule has 2 aromatic heterocycles. The number of benzene rings is 1. The van der Waals surface area contributed by atoms with E-state index in [1.807, 2.05) is 18.2 Å². The van der Waals surface area contributed by atoms with Crippen LogP contribution in [0.3, 0.4) is 0 Å². The fraction of sp³-hybridized carbons (Fsp3) is 0.471. The van der Waals surface area contributed by atoms with Gasteiger partial charge in [-0.25, -0.2) is 4.98 Å². The smallest absolute Gasteiger partial charge is 0.227 e. The molecule has 1 aromatic carbocycles. The molecule has 0 amide bonds. The molecule has 1 unspecified atom stereocenters. The number of para-hydroxylation sites is 1. The molecule has 1 aliphatic rings. The zero-order valence-corrected chi connectivity index (χ0v) is 13.3. The fourth-order valence-electron chi connectivity index (χ4n) is 3.22. The lowest BCUT2D eigenvalue weighted by atomic mass is 9.96. The molecule has 120 valence electrons. The topological polar surface area (TPSA) is 79.6 Å². The van der Waals surface area contributed by atoms with Crippen molar-refractivity contribution in [1.82, 2.24) is 25.4 Å². The molecule has 3 aromatic rings. The molecule has 0 aliphatic carbocycles. The summed E-state index contributed by atoms with van der Waals surface area (Å²) in [5, 5.41) is 7.60. The summed E-state index contributed by atoms with van der Waals surface area (Å²) in [5.74, 6) is 2.91. The average molecular weight is 311 g/mol. The van der Waals surface area contributed by atoms with Crippen molar-refractivity contribution < 1.29 is 4.52 Å². The number of imidazole rings is 1. The second kappa shape index (κ2) is 6.12. The molecule has 4 rings (SSSR count). The monoisotopic (exact) mass is 311 g/mol. The lowest BCUT2D eigenvalue weighted by Crippen LogP contribution is -2.30. The van der Waals surface area contributed by atoms with Crippen LogP contribution in [0.5, 0.6) is 0 Å². The summed E-state index contributed by atoms with van der Waals surface area (Å²) in [6, 6.07) is 6.02. The van der Waals surface area contributed by atoms with E-state index in [4.69, 9.17) is 4.52 Å². The molecule has 2 N–H and O–H groups in total. The predicted octanol–water partition coefficient (Wildman–Crippen LogP) is 2.72. The van der Waals surface area contributed by atoms with Crippen LogP contribution < -0.4 is 5.32 Å². The Bertz CT molecular complexity index is 800. The number of hydrogen-bond donors (Lipinski definition) is 2. The van der Waals surface area contributed by atoms with E-state index >= 15 is 0 Å². The summed E-state index contributed by atoms with van der Waals surface area (Å²) >= 11 is 0. The lowest BCUT2D eigenvalue weighted by molar-refractivity contribution is 0.316. The van der Waals surface area contributed by atoms with Gasteiger partial charge in [0, 0.05) is 12.8 Å². The first kappa shape index (κ1) is 14.4. The number of aryl methyl sites for hydroxylation is 1. The van der Waals surface area contributed by atoms with Crippen molar-refractivity contribution in [2.75, 3.05) is 13.1 Å². The SMILES string of the molecule is CCc1nc2c(-c3noc(CC4CCCNC4)n3)cccc2[nH]1. The van der Waals surface area contributed by atoms with E-state index in [2.05, 4.69) is 32.3 Å². The third-order valence-corrected chi connectivity index (χ3v) is 4.47. The van der Waals surface area contributed by atoms with Gasteiger partial charge in [0.1, 0.15) is 5.82 Å². The summed E-state index contributed by atoms with van der Waals surface area (Å²) in [4.78, 5) is 12.6. The third-order valence-electron chi connectivity index (χ3n) is 4.47. The van der Waals surface area contributed by atoms with Gasteiger partial charge in [-0.3, -0.25) is 0 Å². The lowest BCUT2D eigenvalue weighted by Gasteiger charge is -2.20. The largest absolute Gasteiger partial charge is 0.342 e. The van der Waals surface area contributed by atoms with Crippen LogP contribution in [-0.4, -0.2) is 33.2 Å². The minimum Gasteiger partial charge on any atom is -0.342 e. The number of rotatable bonds is 4. The maximum atomic E-state index is 5.48. The zero-order chi connectivity index (χ0) is 15.6. The second-order valence-corrected chi connectivity index (χ2v) is 6.17. The first-order valence-corrected chi connectivity index (χ1v) is 8.34. The number of H-pyrrole nitrogens is 1. The molecule has 6 nitrogen and oxygen atoms in total. The van der Waals surface area contributed by atoms with Gasteiger partial charge in [-0.15, -0.1) is 0 Å². The van der Waals surface area contributed by atoms with Gasteiger partial charge in [0.05, 0.1) is 16.6 Å². The van der Waals surface area contributed by atoms with Crippen molar-refractivity contribution in [2.45, 2.75) is 32.6 Å². The second-order valence-electron chi connectivity index (χ2n) is 6.17. The Morgan fingerprint density at radius 1 is 1.30 bits per heavy atom. The van der Waals surface area contributed by atoms with Crippen molar-refractivity contribution in [3.05, 3.63) is 29.9 Å². The highest BCUT2D eigenvalue weighted by Gasteiger charge is 2.19. The predicted molar refractivity (Wildman–Crippen MR) is 88.1 cm³/mol. The Morgan fingerprint density at radius 3 is 3.09 bits per heavy atom. The van der Waals surface area contributed by atoms with E-state index in [9.17, 15) is 0 Å². The molecule has 1 atom stereocenters. The molecule has 1 saturated heterocycles. The Balaban J connectivity index is 1.62. The standard InChI is InChI=1S/C17H21N5O/c1-2-14-19-13-7-3-6-12(16(13)20-14)17-21-15(23-22-17)9-11-5-4-8-18-10-11/h3,6-7,11,18H,2,4-5,8-10H2,1H3,(H,19,20). The molecule has 0 radical (unpaired) electrons. The molecule has 6 heteroatoms. The van der Waals surface area contributed by atoms with E-state index in [1.54, 1.807) is 0 Å². The highest BCUT2D eigenvalue weighted by atomic mass is 16.5. The van der Waals surface area contributed by atoms with E-state index in [0.717, 1.165) is 54.2 Å². The van der Waals surface area contributed by atoms with Gasteiger partial charge in [-0.05, 0) is 44.0 Å². The van der Waals surface area contributed by atoms with Gasteiger partial charge in [0.15, 0.2) is 0 Å². The van der Waals surface area contributed by atoms with Gasteiger partial charge in [-0.1, -0.05) is 18.1 Å². The van der Waals surface area contributed by atoms with Gasteiger partial charge >= 0.3 is 0 Å². The minimum atomic E-state index is 0.588. The van der Waals surface area contributed by atoms with E-state index in [0.29, 0.717) is 11.7 Å². The van der Waals surface area contributed by atoms with Gasteiger partial charge in [-0.2, -0.15) is 4.98 Å². The van der Waals surface area contributed by atoms with Crippen molar-refractivity contribution in [3.8, 4) is 11.4 Å². The Hall–Kier alpha value is -2.21. The molecular weight excluding hydrogens is 290 g/mol. The molecule has 0 bridgehead atoms. The van der Waals surface area contributed by atoms with Crippen LogP contribution in [0.1, 0.15) is 31.5 Å². The number of nitrogens with zero attached hydrogens (tertiary/aromatic N) is 3. The molecule has 3 heterocycles. The highest BCUT2D eigenvalue weighted by Crippen LogP contribution is 2.26. The maximum absolute atomic E-state index is 5.48. The number of aromatic amines is 1. The molecule has 0 saturated carbocycles. The number of piperidine rings is 1. The van der Waals surface area contributed by atoms with Crippen molar-refractivity contribution in [2.24, 2.45) is 5.92 Å². The first-order chi connectivity index (χ1) is 11.3. The quantitative estimate of drug-likeness (QED) is 0.774. The Morgan fingerprint density at radius 2 is 2.26 bits per heavy atom. The van der Waals surface area contributed by atoms with Gasteiger partial charge < -0.3 is 14.8 Å². The summed E-state index contributed by atoms with van der Waals surface area (Å²) in [6.45, 7) is 4.24. The van der Waals surface area contributed by atoms with E-state index < -0.39 is 0 Å². The Kier molecular flexibility index (Phi) is 3.83. The first-order valence-electron chi connectivity index (χ1n) is 8.34.